The molecule has 6 nitrogen and oxygen atoms in total. The summed E-state index contributed by atoms with van der Waals surface area (Å²) in [5.74, 6) is 0.525. The van der Waals surface area contributed by atoms with Crippen LogP contribution in [0, 0.1) is 0 Å². The van der Waals surface area contributed by atoms with E-state index >= 15 is 0 Å². The molecule has 0 bridgehead atoms. The van der Waals surface area contributed by atoms with Crippen LogP contribution in [0.15, 0.2) is 30.9 Å². The Kier molecular flexibility index (Phi) is 3.66. The maximum atomic E-state index is 5.81. The van der Waals surface area contributed by atoms with Crippen LogP contribution < -0.4 is 5.73 Å². The van der Waals surface area contributed by atoms with Gasteiger partial charge in [0.2, 0.25) is 0 Å². The second kappa shape index (κ2) is 5.60. The first kappa shape index (κ1) is 13.1. The van der Waals surface area contributed by atoms with E-state index in [1.807, 2.05) is 18.6 Å². The van der Waals surface area contributed by atoms with Gasteiger partial charge in [0.05, 0.1) is 37.5 Å². The van der Waals surface area contributed by atoms with Crippen molar-refractivity contribution < 1.29 is 4.74 Å². The molecule has 20 heavy (non-hydrogen) atoms. The van der Waals surface area contributed by atoms with Crippen LogP contribution >= 0.6 is 0 Å². The highest BCUT2D eigenvalue weighted by Crippen LogP contribution is 2.20. The maximum Gasteiger partial charge on any atom is 0.123 e. The molecule has 106 valence electrons. The highest BCUT2D eigenvalue weighted by atomic mass is 16.5. The van der Waals surface area contributed by atoms with E-state index in [2.05, 4.69) is 26.5 Å². The maximum absolute atomic E-state index is 5.81. The van der Waals surface area contributed by atoms with Crippen LogP contribution in [-0.4, -0.2) is 52.3 Å². The summed E-state index contributed by atoms with van der Waals surface area (Å²) in [6.07, 6.45) is 5.66. The van der Waals surface area contributed by atoms with E-state index in [9.17, 15) is 0 Å². The Bertz CT molecular complexity index is 565. The van der Waals surface area contributed by atoms with Crippen molar-refractivity contribution in [1.82, 2.24) is 19.4 Å². The van der Waals surface area contributed by atoms with E-state index in [0.29, 0.717) is 5.82 Å². The summed E-state index contributed by atoms with van der Waals surface area (Å²) in [6, 6.07) is 3.77. The Labute approximate surface area is 118 Å². The van der Waals surface area contributed by atoms with Gasteiger partial charge in [0.15, 0.2) is 0 Å². The fourth-order valence-corrected chi connectivity index (χ4v) is 2.46. The predicted octanol–water partition coefficient (Wildman–Crippen LogP) is 0.858. The Morgan fingerprint density at radius 1 is 1.40 bits per heavy atom. The zero-order valence-electron chi connectivity index (χ0n) is 11.6. The van der Waals surface area contributed by atoms with E-state index in [1.54, 1.807) is 12.3 Å². The molecule has 1 atom stereocenters. The van der Waals surface area contributed by atoms with Gasteiger partial charge in [-0.2, -0.15) is 0 Å². The minimum atomic E-state index is 0.198. The van der Waals surface area contributed by atoms with Crippen LogP contribution in [0.5, 0.6) is 0 Å². The van der Waals surface area contributed by atoms with Crippen LogP contribution in [0.3, 0.4) is 0 Å². The molecule has 0 spiro atoms. The summed E-state index contributed by atoms with van der Waals surface area (Å²) in [6.45, 7) is 3.52. The van der Waals surface area contributed by atoms with Crippen LogP contribution in [-0.2, 0) is 11.3 Å². The largest absolute Gasteiger partial charge is 0.384 e. The molecule has 3 heterocycles. The Hall–Kier alpha value is -1.92. The van der Waals surface area contributed by atoms with E-state index in [4.69, 9.17) is 10.5 Å². The molecule has 0 radical (unpaired) electrons. The van der Waals surface area contributed by atoms with Gasteiger partial charge < -0.3 is 19.9 Å². The number of nitrogens with zero attached hydrogens (tertiary/aromatic N) is 4. The van der Waals surface area contributed by atoms with Gasteiger partial charge in [0.25, 0.3) is 0 Å². The first-order chi connectivity index (χ1) is 9.72. The van der Waals surface area contributed by atoms with Crippen molar-refractivity contribution >= 4 is 5.82 Å². The SMILES string of the molecule is CN1CCOC(Cn2cncc2-c2ccc(N)nc2)C1. The minimum Gasteiger partial charge on any atom is -0.384 e. The molecule has 2 aromatic rings. The molecule has 1 saturated heterocycles. The van der Waals surface area contributed by atoms with E-state index < -0.39 is 0 Å². The van der Waals surface area contributed by atoms with Crippen LogP contribution in [0.4, 0.5) is 5.82 Å². The number of hydrogen-bond acceptors (Lipinski definition) is 5. The molecule has 1 unspecified atom stereocenters. The second-order valence-electron chi connectivity index (χ2n) is 5.16. The Morgan fingerprint density at radius 2 is 2.30 bits per heavy atom. The topological polar surface area (TPSA) is 69.2 Å². The van der Waals surface area contributed by atoms with Crippen LogP contribution in [0.25, 0.3) is 11.3 Å². The quantitative estimate of drug-likeness (QED) is 0.898. The smallest absolute Gasteiger partial charge is 0.123 e. The van der Waals surface area contributed by atoms with Crippen molar-refractivity contribution in [3.8, 4) is 11.3 Å². The molecule has 1 aliphatic heterocycles. The third-order valence-electron chi connectivity index (χ3n) is 3.54. The zero-order valence-corrected chi connectivity index (χ0v) is 11.6. The lowest BCUT2D eigenvalue weighted by Crippen LogP contribution is -2.41. The van der Waals surface area contributed by atoms with Gasteiger partial charge in [0, 0.05) is 24.8 Å². The first-order valence-electron chi connectivity index (χ1n) is 6.74. The highest BCUT2D eigenvalue weighted by molar-refractivity contribution is 5.59. The summed E-state index contributed by atoms with van der Waals surface area (Å²) in [7, 11) is 2.12. The van der Waals surface area contributed by atoms with Gasteiger partial charge in [-0.25, -0.2) is 9.97 Å². The van der Waals surface area contributed by atoms with Crippen molar-refractivity contribution in [3.05, 3.63) is 30.9 Å². The number of rotatable bonds is 3. The molecule has 0 aromatic carbocycles. The average Bonchev–Trinajstić information content (AvgIpc) is 2.88. The number of pyridine rings is 1. The number of imidazole rings is 1. The van der Waals surface area contributed by atoms with Gasteiger partial charge in [0.1, 0.15) is 5.82 Å². The van der Waals surface area contributed by atoms with Gasteiger partial charge in [-0.15, -0.1) is 0 Å². The fourth-order valence-electron chi connectivity index (χ4n) is 2.46. The predicted molar refractivity (Wildman–Crippen MR) is 77.1 cm³/mol. The number of anilines is 1. The summed E-state index contributed by atoms with van der Waals surface area (Å²) < 4.78 is 7.91. The van der Waals surface area contributed by atoms with E-state index in [1.165, 1.54) is 0 Å². The number of nitrogen functional groups attached to an aromatic ring is 1. The summed E-state index contributed by atoms with van der Waals surface area (Å²) in [4.78, 5) is 10.7. The fraction of sp³-hybridized carbons (Fsp3) is 0.429. The second-order valence-corrected chi connectivity index (χ2v) is 5.16. The third kappa shape index (κ3) is 2.81. The van der Waals surface area contributed by atoms with Crippen molar-refractivity contribution in [2.45, 2.75) is 12.6 Å². The number of likely N-dealkylation sites (N-methyl/N-ethyl adjacent to an activating group) is 1. The molecule has 3 rings (SSSR count). The number of aromatic nitrogens is 3. The van der Waals surface area contributed by atoms with Crippen molar-refractivity contribution in [2.75, 3.05) is 32.5 Å². The Balaban J connectivity index is 1.78. The van der Waals surface area contributed by atoms with E-state index in [0.717, 1.165) is 37.5 Å². The molecule has 2 N–H and O–H groups in total. The van der Waals surface area contributed by atoms with Gasteiger partial charge in [-0.05, 0) is 19.2 Å². The molecule has 1 aliphatic rings. The lowest BCUT2D eigenvalue weighted by Gasteiger charge is -2.30. The van der Waals surface area contributed by atoms with Gasteiger partial charge >= 0.3 is 0 Å². The monoisotopic (exact) mass is 273 g/mol. The molecule has 0 amide bonds. The molecule has 6 heteroatoms. The lowest BCUT2D eigenvalue weighted by atomic mass is 10.2. The van der Waals surface area contributed by atoms with Crippen molar-refractivity contribution in [3.63, 3.8) is 0 Å². The molecular formula is C14H19N5O. The summed E-state index contributed by atoms with van der Waals surface area (Å²) >= 11 is 0. The number of ether oxygens (including phenoxy) is 1. The zero-order chi connectivity index (χ0) is 13.9. The molecule has 0 aliphatic carbocycles. The summed E-state index contributed by atoms with van der Waals surface area (Å²) in [5.41, 5.74) is 7.67. The highest BCUT2D eigenvalue weighted by Gasteiger charge is 2.19. The standard InChI is InChI=1S/C14H19N5O/c1-18-4-5-20-12(8-18)9-19-10-16-7-13(19)11-2-3-14(15)17-6-11/h2-3,6-7,10,12H,4-5,8-9H2,1H3,(H2,15,17). The van der Waals surface area contributed by atoms with Gasteiger partial charge in [-0.1, -0.05) is 0 Å². The van der Waals surface area contributed by atoms with Crippen molar-refractivity contribution in [2.24, 2.45) is 0 Å². The average molecular weight is 273 g/mol. The molecular weight excluding hydrogens is 254 g/mol. The molecule has 1 fully saturated rings. The molecule has 0 saturated carbocycles. The lowest BCUT2D eigenvalue weighted by molar-refractivity contribution is -0.0272. The first-order valence-corrected chi connectivity index (χ1v) is 6.74. The molecule has 2 aromatic heterocycles. The minimum absolute atomic E-state index is 0.198. The summed E-state index contributed by atoms with van der Waals surface area (Å²) in [5, 5.41) is 0. The van der Waals surface area contributed by atoms with Crippen LogP contribution in [0.1, 0.15) is 0 Å². The van der Waals surface area contributed by atoms with Gasteiger partial charge in [-0.3, -0.25) is 0 Å². The number of nitrogens with two attached hydrogens (primary N) is 1. The Morgan fingerprint density at radius 3 is 3.05 bits per heavy atom. The van der Waals surface area contributed by atoms with Crippen LogP contribution in [0.2, 0.25) is 0 Å². The van der Waals surface area contributed by atoms with E-state index in [-0.39, 0.29) is 6.10 Å². The third-order valence-corrected chi connectivity index (χ3v) is 3.54. The number of hydrogen-bond donors (Lipinski definition) is 1. The van der Waals surface area contributed by atoms with Crippen molar-refractivity contribution in [1.29, 1.82) is 0 Å². The normalized spacial score (nSPS) is 20.1. The number of morpholine rings is 1.